The van der Waals surface area contributed by atoms with Gasteiger partial charge in [-0.05, 0) is 18.2 Å². The third-order valence-corrected chi connectivity index (χ3v) is 3.30. The van der Waals surface area contributed by atoms with E-state index < -0.39 is 22.5 Å². The number of hydrogen-bond acceptors (Lipinski definition) is 5. The summed E-state index contributed by atoms with van der Waals surface area (Å²) in [6, 6.07) is 7.89. The molecule has 0 saturated carbocycles. The lowest BCUT2D eigenvalue weighted by Gasteiger charge is -2.21. The van der Waals surface area contributed by atoms with Crippen LogP contribution in [0, 0.1) is 11.3 Å². The molecule has 96 valence electrons. The predicted octanol–water partition coefficient (Wildman–Crippen LogP) is 0.497. The topological polar surface area (TPSA) is 87.5 Å². The van der Waals surface area contributed by atoms with E-state index in [1.807, 2.05) is 6.07 Å². The molecule has 0 aliphatic rings. The molecule has 0 atom stereocenters. The summed E-state index contributed by atoms with van der Waals surface area (Å²) in [6.45, 7) is -0.426. The second-order valence-electron chi connectivity index (χ2n) is 3.51. The van der Waals surface area contributed by atoms with Gasteiger partial charge >= 0.3 is 5.97 Å². The summed E-state index contributed by atoms with van der Waals surface area (Å²) in [5.41, 5.74) is 0.563. The van der Waals surface area contributed by atoms with E-state index in [2.05, 4.69) is 4.74 Å². The highest BCUT2D eigenvalue weighted by Gasteiger charge is 2.21. The molecule has 0 aliphatic heterocycles. The molecule has 0 unspecified atom stereocenters. The highest BCUT2D eigenvalue weighted by molar-refractivity contribution is 7.92. The van der Waals surface area contributed by atoms with Crippen LogP contribution in [0.4, 0.5) is 5.69 Å². The largest absolute Gasteiger partial charge is 0.468 e. The van der Waals surface area contributed by atoms with Crippen LogP contribution < -0.4 is 4.31 Å². The van der Waals surface area contributed by atoms with Gasteiger partial charge in [0.1, 0.15) is 6.54 Å². The fourth-order valence-electron chi connectivity index (χ4n) is 1.31. The Bertz CT molecular complexity index is 589. The van der Waals surface area contributed by atoms with Gasteiger partial charge in [0, 0.05) is 0 Å². The van der Waals surface area contributed by atoms with E-state index >= 15 is 0 Å². The van der Waals surface area contributed by atoms with E-state index in [1.165, 1.54) is 19.2 Å². The average molecular weight is 268 g/mol. The van der Waals surface area contributed by atoms with Crippen molar-refractivity contribution in [2.24, 2.45) is 0 Å². The number of carbonyl (C=O) groups excluding carboxylic acids is 1. The zero-order valence-electron chi connectivity index (χ0n) is 9.95. The molecule has 1 rings (SSSR count). The highest BCUT2D eigenvalue weighted by Crippen LogP contribution is 2.18. The summed E-state index contributed by atoms with van der Waals surface area (Å²) in [7, 11) is -2.45. The Hall–Kier alpha value is -2.07. The maximum atomic E-state index is 11.6. The van der Waals surface area contributed by atoms with E-state index in [9.17, 15) is 13.2 Å². The van der Waals surface area contributed by atoms with Crippen molar-refractivity contribution in [1.29, 1.82) is 5.26 Å². The Kier molecular flexibility index (Phi) is 4.28. The lowest BCUT2D eigenvalue weighted by molar-refractivity contribution is -0.138. The van der Waals surface area contributed by atoms with Crippen LogP contribution in [0.25, 0.3) is 0 Å². The first-order valence-electron chi connectivity index (χ1n) is 4.93. The summed E-state index contributed by atoms with van der Waals surface area (Å²) in [6.07, 6.45) is 0.981. The Labute approximate surface area is 105 Å². The molecule has 0 saturated heterocycles. The van der Waals surface area contributed by atoms with Gasteiger partial charge in [-0.25, -0.2) is 8.42 Å². The van der Waals surface area contributed by atoms with Crippen molar-refractivity contribution in [2.45, 2.75) is 0 Å². The van der Waals surface area contributed by atoms with Gasteiger partial charge in [0.15, 0.2) is 0 Å². The van der Waals surface area contributed by atoms with E-state index in [0.29, 0.717) is 5.56 Å². The third kappa shape index (κ3) is 3.46. The van der Waals surface area contributed by atoms with Crippen LogP contribution in [0.5, 0.6) is 0 Å². The second-order valence-corrected chi connectivity index (χ2v) is 5.41. The van der Waals surface area contributed by atoms with Gasteiger partial charge < -0.3 is 4.74 Å². The number of nitriles is 1. The van der Waals surface area contributed by atoms with Crippen molar-refractivity contribution in [3.8, 4) is 6.07 Å². The Morgan fingerprint density at radius 2 is 2.17 bits per heavy atom. The van der Waals surface area contributed by atoms with Crippen LogP contribution >= 0.6 is 0 Å². The number of anilines is 1. The van der Waals surface area contributed by atoms with Crippen LogP contribution in [0.15, 0.2) is 24.3 Å². The normalized spacial score (nSPS) is 10.5. The van der Waals surface area contributed by atoms with Crippen LogP contribution in [-0.2, 0) is 19.6 Å². The molecule has 0 spiro atoms. The fourth-order valence-corrected chi connectivity index (χ4v) is 2.15. The summed E-state index contributed by atoms with van der Waals surface area (Å²) < 4.78 is 28.6. The number of methoxy groups -OCH3 is 1. The van der Waals surface area contributed by atoms with Gasteiger partial charge in [-0.15, -0.1) is 0 Å². The standard InChI is InChI=1S/C11H12N2O4S/c1-17-11(14)8-13(18(2,15)16)10-5-3-4-9(6-10)7-12/h3-6H,8H2,1-2H3. The van der Waals surface area contributed by atoms with E-state index in [0.717, 1.165) is 10.6 Å². The maximum Gasteiger partial charge on any atom is 0.326 e. The third-order valence-electron chi connectivity index (χ3n) is 2.16. The van der Waals surface area contributed by atoms with Gasteiger partial charge in [0.05, 0.1) is 30.7 Å². The minimum Gasteiger partial charge on any atom is -0.468 e. The van der Waals surface area contributed by atoms with E-state index in [4.69, 9.17) is 5.26 Å². The highest BCUT2D eigenvalue weighted by atomic mass is 32.2. The quantitative estimate of drug-likeness (QED) is 0.742. The molecule has 0 radical (unpaired) electrons. The molecule has 18 heavy (non-hydrogen) atoms. The van der Waals surface area contributed by atoms with Gasteiger partial charge in [0.25, 0.3) is 0 Å². The van der Waals surface area contributed by atoms with Gasteiger partial charge in [-0.1, -0.05) is 6.07 Å². The molecule has 1 aromatic rings. The number of esters is 1. The van der Waals surface area contributed by atoms with Crippen molar-refractivity contribution in [3.05, 3.63) is 29.8 Å². The zero-order chi connectivity index (χ0) is 13.8. The Morgan fingerprint density at radius 1 is 1.50 bits per heavy atom. The van der Waals surface area contributed by atoms with Crippen molar-refractivity contribution in [1.82, 2.24) is 0 Å². The number of ether oxygens (including phenoxy) is 1. The van der Waals surface area contributed by atoms with E-state index in [-0.39, 0.29) is 5.69 Å². The first-order chi connectivity index (χ1) is 8.38. The van der Waals surface area contributed by atoms with Crippen LogP contribution in [0.1, 0.15) is 5.56 Å². The van der Waals surface area contributed by atoms with Crippen molar-refractivity contribution in [2.75, 3.05) is 24.2 Å². The number of sulfonamides is 1. The van der Waals surface area contributed by atoms with Gasteiger partial charge in [-0.3, -0.25) is 9.10 Å². The fraction of sp³-hybridized carbons (Fsp3) is 0.273. The zero-order valence-corrected chi connectivity index (χ0v) is 10.8. The lowest BCUT2D eigenvalue weighted by Crippen LogP contribution is -2.35. The van der Waals surface area contributed by atoms with Crippen LogP contribution in [0.3, 0.4) is 0 Å². The van der Waals surface area contributed by atoms with Crippen molar-refractivity contribution < 1.29 is 17.9 Å². The minimum absolute atomic E-state index is 0.252. The molecule has 1 aromatic carbocycles. The lowest BCUT2D eigenvalue weighted by atomic mass is 10.2. The summed E-state index contributed by atoms with van der Waals surface area (Å²) in [5.74, 6) is -0.678. The smallest absolute Gasteiger partial charge is 0.326 e. The molecular formula is C11H12N2O4S. The second kappa shape index (κ2) is 5.51. The van der Waals surface area contributed by atoms with Gasteiger partial charge in [-0.2, -0.15) is 5.26 Å². The number of rotatable bonds is 4. The number of carbonyl (C=O) groups is 1. The molecule has 0 heterocycles. The first-order valence-corrected chi connectivity index (χ1v) is 6.78. The number of benzene rings is 1. The average Bonchev–Trinajstić information content (AvgIpc) is 2.34. The number of hydrogen-bond donors (Lipinski definition) is 0. The molecule has 7 heteroatoms. The summed E-state index contributed by atoms with van der Waals surface area (Å²) in [4.78, 5) is 11.2. The van der Waals surface area contributed by atoms with E-state index in [1.54, 1.807) is 12.1 Å². The van der Waals surface area contributed by atoms with Crippen LogP contribution in [-0.4, -0.2) is 34.3 Å². The van der Waals surface area contributed by atoms with Crippen molar-refractivity contribution in [3.63, 3.8) is 0 Å². The molecule has 0 fully saturated rings. The minimum atomic E-state index is -3.63. The predicted molar refractivity (Wildman–Crippen MR) is 65.4 cm³/mol. The summed E-state index contributed by atoms with van der Waals surface area (Å²) >= 11 is 0. The molecule has 0 aliphatic carbocycles. The van der Waals surface area contributed by atoms with Crippen molar-refractivity contribution >= 4 is 21.7 Å². The summed E-state index contributed by atoms with van der Waals surface area (Å²) in [5, 5.41) is 8.77. The molecule has 0 N–H and O–H groups in total. The maximum absolute atomic E-state index is 11.6. The monoisotopic (exact) mass is 268 g/mol. The molecule has 0 amide bonds. The van der Waals surface area contributed by atoms with Gasteiger partial charge in [0.2, 0.25) is 10.0 Å². The molecule has 6 nitrogen and oxygen atoms in total. The Morgan fingerprint density at radius 3 is 2.67 bits per heavy atom. The molecular weight excluding hydrogens is 256 g/mol. The first kappa shape index (κ1) is 14.0. The number of nitrogens with zero attached hydrogens (tertiary/aromatic N) is 2. The Balaban J connectivity index is 3.19. The molecule has 0 aromatic heterocycles. The molecule has 0 bridgehead atoms. The van der Waals surface area contributed by atoms with Crippen LogP contribution in [0.2, 0.25) is 0 Å². The SMILES string of the molecule is COC(=O)CN(c1cccc(C#N)c1)S(C)(=O)=O.